The van der Waals surface area contributed by atoms with Gasteiger partial charge in [-0.2, -0.15) is 0 Å². The lowest BCUT2D eigenvalue weighted by Gasteiger charge is -2.18. The molecule has 0 bridgehead atoms. The third-order valence-corrected chi connectivity index (χ3v) is 6.22. The number of hydrogen-bond acceptors (Lipinski definition) is 9. The van der Waals surface area contributed by atoms with Crippen LogP contribution in [0.25, 0.3) is 0 Å². The van der Waals surface area contributed by atoms with E-state index >= 15 is 0 Å². The van der Waals surface area contributed by atoms with E-state index < -0.39 is 11.9 Å². The van der Waals surface area contributed by atoms with E-state index in [0.717, 1.165) is 16.2 Å². The molecule has 10 heteroatoms. The molecule has 154 valence electrons. The van der Waals surface area contributed by atoms with Crippen molar-refractivity contribution in [1.29, 1.82) is 0 Å². The van der Waals surface area contributed by atoms with Gasteiger partial charge in [-0.1, -0.05) is 0 Å². The monoisotopic (exact) mass is 437 g/mol. The maximum Gasteiger partial charge on any atom is 0.348 e. The molecule has 0 fully saturated rings. The third kappa shape index (κ3) is 4.65. The molecule has 1 amide bonds. The molecule has 2 heterocycles. The smallest absolute Gasteiger partial charge is 0.348 e. The van der Waals surface area contributed by atoms with Gasteiger partial charge in [0.1, 0.15) is 23.1 Å². The predicted molar refractivity (Wildman–Crippen MR) is 109 cm³/mol. The maximum absolute atomic E-state index is 12.4. The largest absolute Gasteiger partial charge is 0.486 e. The van der Waals surface area contributed by atoms with Gasteiger partial charge < -0.3 is 24.3 Å². The van der Waals surface area contributed by atoms with Gasteiger partial charge in [-0.25, -0.2) is 9.59 Å². The van der Waals surface area contributed by atoms with Gasteiger partial charge in [0.2, 0.25) is 5.91 Å². The molecule has 0 saturated heterocycles. The topological polar surface area (TPSA) is 100 Å². The fourth-order valence-electron chi connectivity index (χ4n) is 2.66. The fraction of sp³-hybridized carbons (Fsp3) is 0.316. The first-order valence-electron chi connectivity index (χ1n) is 8.57. The number of nitrogens with one attached hydrogen (secondary N) is 1. The van der Waals surface area contributed by atoms with Gasteiger partial charge in [0.25, 0.3) is 0 Å². The third-order valence-electron chi connectivity index (χ3n) is 4.04. The highest BCUT2D eigenvalue weighted by Crippen LogP contribution is 2.36. The molecule has 8 nitrogen and oxygen atoms in total. The number of esters is 2. The first kappa shape index (κ1) is 21.0. The molecular formula is C19H19NO7S2. The molecule has 0 unspecified atom stereocenters. The molecule has 1 aliphatic heterocycles. The van der Waals surface area contributed by atoms with E-state index in [1.807, 2.05) is 12.1 Å². The van der Waals surface area contributed by atoms with Gasteiger partial charge in [0, 0.05) is 4.90 Å². The normalized spacial score (nSPS) is 12.2. The summed E-state index contributed by atoms with van der Waals surface area (Å²) in [5, 5.41) is 2.95. The minimum Gasteiger partial charge on any atom is -0.486 e. The molecule has 0 spiro atoms. The van der Waals surface area contributed by atoms with Crippen LogP contribution in [-0.2, 0) is 14.3 Å². The Morgan fingerprint density at radius 1 is 1.10 bits per heavy atom. The van der Waals surface area contributed by atoms with Crippen molar-refractivity contribution in [2.75, 3.05) is 38.5 Å². The van der Waals surface area contributed by atoms with Crippen LogP contribution in [0.1, 0.15) is 25.6 Å². The molecule has 1 aromatic carbocycles. The minimum atomic E-state index is -0.635. The number of thiophene rings is 1. The summed E-state index contributed by atoms with van der Waals surface area (Å²) >= 11 is 2.29. The van der Waals surface area contributed by atoms with E-state index in [0.29, 0.717) is 30.3 Å². The van der Waals surface area contributed by atoms with Gasteiger partial charge in [0.05, 0.1) is 25.5 Å². The van der Waals surface area contributed by atoms with Crippen molar-refractivity contribution in [3.05, 3.63) is 34.2 Å². The molecule has 2 aromatic rings. The summed E-state index contributed by atoms with van der Waals surface area (Å²) in [5.74, 6) is -0.117. The summed E-state index contributed by atoms with van der Waals surface area (Å²) < 4.78 is 20.5. The highest BCUT2D eigenvalue weighted by molar-refractivity contribution is 8.00. The predicted octanol–water partition coefficient (Wildman–Crippen LogP) is 3.13. The van der Waals surface area contributed by atoms with Crippen molar-refractivity contribution in [1.82, 2.24) is 0 Å². The van der Waals surface area contributed by atoms with Crippen molar-refractivity contribution < 1.29 is 33.3 Å². The van der Waals surface area contributed by atoms with E-state index in [2.05, 4.69) is 5.32 Å². The Morgan fingerprint density at radius 3 is 2.48 bits per heavy atom. The highest BCUT2D eigenvalue weighted by Gasteiger charge is 2.26. The van der Waals surface area contributed by atoms with Crippen molar-refractivity contribution in [2.24, 2.45) is 0 Å². The number of rotatable bonds is 6. The summed E-state index contributed by atoms with van der Waals surface area (Å²) in [6, 6.07) is 5.46. The second-order valence-electron chi connectivity index (χ2n) is 5.89. The van der Waals surface area contributed by atoms with Crippen LogP contribution in [0, 0.1) is 6.92 Å². The second-order valence-corrected chi connectivity index (χ2v) is 7.96. The number of benzene rings is 1. The molecule has 29 heavy (non-hydrogen) atoms. The minimum absolute atomic E-state index is 0.102. The number of anilines is 1. The molecule has 0 saturated carbocycles. The summed E-state index contributed by atoms with van der Waals surface area (Å²) in [6.45, 7) is 2.60. The Labute approximate surface area is 175 Å². The van der Waals surface area contributed by atoms with Crippen LogP contribution < -0.4 is 14.8 Å². The Bertz CT molecular complexity index is 954. The molecule has 0 atom stereocenters. The number of hydrogen-bond donors (Lipinski definition) is 1. The Hall–Kier alpha value is -2.72. The van der Waals surface area contributed by atoms with Crippen molar-refractivity contribution in [3.8, 4) is 11.5 Å². The molecule has 1 aromatic heterocycles. The average molecular weight is 437 g/mol. The molecular weight excluding hydrogens is 418 g/mol. The number of carbonyl (C=O) groups is 3. The van der Waals surface area contributed by atoms with Crippen LogP contribution in [0.15, 0.2) is 23.1 Å². The van der Waals surface area contributed by atoms with Crippen LogP contribution >= 0.6 is 23.1 Å². The zero-order valence-corrected chi connectivity index (χ0v) is 17.7. The fourth-order valence-corrected chi connectivity index (χ4v) is 4.52. The van der Waals surface area contributed by atoms with Crippen LogP contribution in [0.3, 0.4) is 0 Å². The second kappa shape index (κ2) is 9.19. The Morgan fingerprint density at radius 2 is 1.79 bits per heavy atom. The number of carbonyl (C=O) groups excluding carboxylic acids is 3. The van der Waals surface area contributed by atoms with Crippen molar-refractivity contribution in [2.45, 2.75) is 11.8 Å². The van der Waals surface area contributed by atoms with E-state index in [1.54, 1.807) is 13.0 Å². The molecule has 1 N–H and O–H groups in total. The van der Waals surface area contributed by atoms with Crippen LogP contribution in [-0.4, -0.2) is 51.0 Å². The number of ether oxygens (including phenoxy) is 4. The molecule has 0 aliphatic carbocycles. The quantitative estimate of drug-likeness (QED) is 0.544. The number of thioether (sulfide) groups is 1. The van der Waals surface area contributed by atoms with Gasteiger partial charge in [0.15, 0.2) is 11.5 Å². The lowest BCUT2D eigenvalue weighted by molar-refractivity contribution is -0.113. The van der Waals surface area contributed by atoms with Gasteiger partial charge >= 0.3 is 11.9 Å². The lowest BCUT2D eigenvalue weighted by atomic mass is 10.1. The zero-order chi connectivity index (χ0) is 21.0. The first-order valence-corrected chi connectivity index (χ1v) is 10.4. The Balaban J connectivity index is 1.71. The van der Waals surface area contributed by atoms with Crippen LogP contribution in [0.4, 0.5) is 5.00 Å². The van der Waals surface area contributed by atoms with E-state index in [9.17, 15) is 14.4 Å². The highest BCUT2D eigenvalue weighted by atomic mass is 32.2. The maximum atomic E-state index is 12.4. The number of fused-ring (bicyclic) bond motifs is 1. The lowest BCUT2D eigenvalue weighted by Crippen LogP contribution is -2.16. The van der Waals surface area contributed by atoms with E-state index in [4.69, 9.17) is 18.9 Å². The van der Waals surface area contributed by atoms with Crippen molar-refractivity contribution in [3.63, 3.8) is 0 Å². The van der Waals surface area contributed by atoms with Gasteiger partial charge in [-0.15, -0.1) is 23.1 Å². The average Bonchev–Trinajstić information content (AvgIpc) is 3.06. The summed E-state index contributed by atoms with van der Waals surface area (Å²) in [6.07, 6.45) is 0. The summed E-state index contributed by atoms with van der Waals surface area (Å²) in [7, 11) is 2.49. The van der Waals surface area contributed by atoms with Crippen LogP contribution in [0.5, 0.6) is 11.5 Å². The van der Waals surface area contributed by atoms with Gasteiger partial charge in [-0.3, -0.25) is 4.79 Å². The van der Waals surface area contributed by atoms with E-state index in [-0.39, 0.29) is 27.1 Å². The van der Waals surface area contributed by atoms with Crippen LogP contribution in [0.2, 0.25) is 0 Å². The molecule has 0 radical (unpaired) electrons. The summed E-state index contributed by atoms with van der Waals surface area (Å²) in [5.41, 5.74) is 0.555. The molecule has 3 rings (SSSR count). The standard InChI is InChI=1S/C19H19NO7S2/c1-10-15(18(22)24-2)17(29-16(10)19(23)25-3)20-14(21)9-28-11-4-5-12-13(8-11)27-7-6-26-12/h4-5,8H,6-7,9H2,1-3H3,(H,20,21). The number of methoxy groups -OCH3 is 2. The zero-order valence-electron chi connectivity index (χ0n) is 16.0. The Kier molecular flexibility index (Phi) is 6.65. The number of amides is 1. The SMILES string of the molecule is COC(=O)c1sc(NC(=O)CSc2ccc3c(c2)OCCO3)c(C(=O)OC)c1C. The molecule has 1 aliphatic rings. The van der Waals surface area contributed by atoms with Gasteiger partial charge in [-0.05, 0) is 30.7 Å². The first-order chi connectivity index (χ1) is 13.9. The summed E-state index contributed by atoms with van der Waals surface area (Å²) in [4.78, 5) is 37.6. The van der Waals surface area contributed by atoms with Crippen molar-refractivity contribution >= 4 is 45.9 Å². The van der Waals surface area contributed by atoms with E-state index in [1.165, 1.54) is 26.0 Å².